The lowest BCUT2D eigenvalue weighted by molar-refractivity contribution is -0.127. The first-order valence-corrected chi connectivity index (χ1v) is 12.4. The summed E-state index contributed by atoms with van der Waals surface area (Å²) in [4.78, 5) is 22.7. The van der Waals surface area contributed by atoms with Gasteiger partial charge in [0.15, 0.2) is 17.4 Å². The highest BCUT2D eigenvalue weighted by Gasteiger charge is 2.25. The molecule has 0 saturated carbocycles. The zero-order chi connectivity index (χ0) is 25.5. The van der Waals surface area contributed by atoms with E-state index >= 15 is 0 Å². The maximum Gasteiger partial charge on any atom is 0.250 e. The van der Waals surface area contributed by atoms with Crippen LogP contribution in [0.15, 0.2) is 42.2 Å². The number of imidazole rings is 1. The van der Waals surface area contributed by atoms with Gasteiger partial charge in [0.05, 0.1) is 24.3 Å². The van der Waals surface area contributed by atoms with Crippen LogP contribution in [0.4, 0.5) is 4.39 Å². The largest absolute Gasteiger partial charge is 0.505 e. The normalized spacial score (nSPS) is 16.7. The van der Waals surface area contributed by atoms with E-state index in [1.165, 1.54) is 12.1 Å². The van der Waals surface area contributed by atoms with E-state index in [1.54, 1.807) is 11.0 Å². The third-order valence-electron chi connectivity index (χ3n) is 6.95. The van der Waals surface area contributed by atoms with Gasteiger partial charge in [-0.1, -0.05) is 13.0 Å². The summed E-state index contributed by atoms with van der Waals surface area (Å²) < 4.78 is 19.7. The number of phenolic OH excluding ortho intramolecular Hbond substituents is 1. The Bertz CT molecular complexity index is 1530. The predicted molar refractivity (Wildman–Crippen MR) is 136 cm³/mol. The molecule has 4 N–H and O–H groups in total. The fourth-order valence-corrected chi connectivity index (χ4v) is 4.96. The average Bonchev–Trinajstić information content (AvgIpc) is 3.53. The number of aromatic nitrogens is 4. The van der Waals surface area contributed by atoms with Crippen LogP contribution >= 0.6 is 0 Å². The topological polar surface area (TPSA) is 119 Å². The number of amides is 1. The molecule has 4 aromatic rings. The summed E-state index contributed by atoms with van der Waals surface area (Å²) in [5.74, 6) is 0.229. The van der Waals surface area contributed by atoms with Crippen LogP contribution in [0.25, 0.3) is 33.5 Å². The van der Waals surface area contributed by atoms with Gasteiger partial charge >= 0.3 is 0 Å². The van der Waals surface area contributed by atoms with Gasteiger partial charge in [-0.05, 0) is 47.4 Å². The lowest BCUT2D eigenvalue weighted by Crippen LogP contribution is -2.36. The summed E-state index contributed by atoms with van der Waals surface area (Å²) in [5, 5.41) is 21.4. The molecule has 10 heteroatoms. The van der Waals surface area contributed by atoms with Gasteiger partial charge in [-0.3, -0.25) is 9.89 Å². The highest BCUT2D eigenvalue weighted by molar-refractivity contribution is 5.94. The number of H-pyrrole nitrogens is 2. The standard InChI is InChI=1S/C27H27FN6O3/c1-2-15-10-24(35)20(28)12-19(15)16-3-4-18-22(9-16)32-33-26(18)27-30-21-5-7-34(14-23(21)31-27)25(36)11-17-13-29-6-8-37-17/h3-4,9-12,29,35H,2,5-8,13-14H2,1H3,(H,30,31)(H,32,33). The van der Waals surface area contributed by atoms with E-state index in [1.807, 2.05) is 25.1 Å². The third kappa shape index (κ3) is 4.33. The first kappa shape index (κ1) is 23.2. The summed E-state index contributed by atoms with van der Waals surface area (Å²) in [6.07, 6.45) is 2.90. The van der Waals surface area contributed by atoms with Gasteiger partial charge in [-0.15, -0.1) is 0 Å². The van der Waals surface area contributed by atoms with Crippen molar-refractivity contribution in [1.29, 1.82) is 0 Å². The molecular formula is C27H27FN6O3. The van der Waals surface area contributed by atoms with Gasteiger partial charge in [-0.25, -0.2) is 9.37 Å². The summed E-state index contributed by atoms with van der Waals surface area (Å²) in [5.41, 5.74) is 5.73. The van der Waals surface area contributed by atoms with Crippen LogP contribution < -0.4 is 5.32 Å². The molecule has 0 unspecified atom stereocenters. The maximum absolute atomic E-state index is 14.1. The molecule has 9 nitrogen and oxygen atoms in total. The number of fused-ring (bicyclic) bond motifs is 2. The third-order valence-corrected chi connectivity index (χ3v) is 6.95. The lowest BCUT2D eigenvalue weighted by Gasteiger charge is -2.25. The molecule has 0 bridgehead atoms. The molecule has 1 saturated heterocycles. The molecule has 1 fully saturated rings. The van der Waals surface area contributed by atoms with Crippen LogP contribution in [0, 0.1) is 5.82 Å². The van der Waals surface area contributed by atoms with Crippen LogP contribution in [0.5, 0.6) is 5.75 Å². The number of carbonyl (C=O) groups excluding carboxylic acids is 1. The predicted octanol–water partition coefficient (Wildman–Crippen LogP) is 3.42. The molecule has 2 aromatic heterocycles. The number of morpholine rings is 1. The van der Waals surface area contributed by atoms with Gasteiger partial charge in [0.2, 0.25) is 5.91 Å². The van der Waals surface area contributed by atoms with Gasteiger partial charge in [-0.2, -0.15) is 5.10 Å². The van der Waals surface area contributed by atoms with Crippen molar-refractivity contribution in [3.8, 4) is 28.4 Å². The van der Waals surface area contributed by atoms with E-state index in [0.717, 1.165) is 45.5 Å². The minimum Gasteiger partial charge on any atom is -0.505 e. The monoisotopic (exact) mass is 502 g/mol. The van der Waals surface area contributed by atoms with Crippen molar-refractivity contribution >= 4 is 16.8 Å². The van der Waals surface area contributed by atoms with Crippen molar-refractivity contribution in [3.05, 3.63) is 64.9 Å². The molecule has 0 aliphatic carbocycles. The number of ether oxygens (including phenoxy) is 1. The summed E-state index contributed by atoms with van der Waals surface area (Å²) in [7, 11) is 0. The van der Waals surface area contributed by atoms with Gasteiger partial charge in [0.1, 0.15) is 18.1 Å². The second-order valence-electron chi connectivity index (χ2n) is 9.30. The summed E-state index contributed by atoms with van der Waals surface area (Å²) >= 11 is 0. The van der Waals surface area contributed by atoms with Crippen LogP contribution in [0.1, 0.15) is 23.9 Å². The highest BCUT2D eigenvalue weighted by Crippen LogP contribution is 2.34. The number of hydrogen-bond donors (Lipinski definition) is 4. The summed E-state index contributed by atoms with van der Waals surface area (Å²) in [6, 6.07) is 8.63. The Hall–Kier alpha value is -4.18. The molecule has 2 aliphatic rings. The Morgan fingerprint density at radius 3 is 3.00 bits per heavy atom. The molecule has 6 rings (SSSR count). The molecule has 37 heavy (non-hydrogen) atoms. The Kier molecular flexibility index (Phi) is 5.88. The lowest BCUT2D eigenvalue weighted by atomic mass is 9.96. The van der Waals surface area contributed by atoms with Crippen molar-refractivity contribution in [3.63, 3.8) is 0 Å². The number of nitrogens with zero attached hydrogens (tertiary/aromatic N) is 3. The fraction of sp³-hybridized carbons (Fsp3) is 0.296. The smallest absolute Gasteiger partial charge is 0.250 e. The van der Waals surface area contributed by atoms with Crippen LogP contribution in [-0.4, -0.2) is 62.3 Å². The fourth-order valence-electron chi connectivity index (χ4n) is 4.96. The maximum atomic E-state index is 14.1. The number of hydrogen-bond acceptors (Lipinski definition) is 6. The number of carbonyl (C=O) groups is 1. The van der Waals surface area contributed by atoms with Crippen molar-refractivity contribution in [1.82, 2.24) is 30.4 Å². The zero-order valence-corrected chi connectivity index (χ0v) is 20.4. The molecule has 0 spiro atoms. The SMILES string of the molecule is CCc1cc(O)c(F)cc1-c1ccc2c(-c3nc4c([nH]3)CCN(C(=O)C=C3CNCCO3)C4)n[nH]c2c1. The molecular weight excluding hydrogens is 475 g/mol. The molecule has 0 atom stereocenters. The Morgan fingerprint density at radius 1 is 1.30 bits per heavy atom. The molecule has 190 valence electrons. The number of aromatic amines is 2. The first-order chi connectivity index (χ1) is 18.0. The minimum atomic E-state index is -0.648. The van der Waals surface area contributed by atoms with Crippen molar-refractivity contribution < 1.29 is 19.0 Å². The van der Waals surface area contributed by atoms with Crippen molar-refractivity contribution in [2.75, 3.05) is 26.2 Å². The van der Waals surface area contributed by atoms with Gasteiger partial charge in [0, 0.05) is 36.7 Å². The van der Waals surface area contributed by atoms with Crippen molar-refractivity contribution in [2.24, 2.45) is 0 Å². The number of halogens is 1. The molecule has 1 amide bonds. The highest BCUT2D eigenvalue weighted by atomic mass is 19.1. The second kappa shape index (κ2) is 9.36. The van der Waals surface area contributed by atoms with E-state index in [-0.39, 0.29) is 11.7 Å². The quantitative estimate of drug-likeness (QED) is 0.318. The average molecular weight is 503 g/mol. The Balaban J connectivity index is 1.26. The number of nitrogens with one attached hydrogen (secondary N) is 3. The number of benzene rings is 2. The van der Waals surface area contributed by atoms with E-state index < -0.39 is 5.82 Å². The zero-order valence-electron chi connectivity index (χ0n) is 20.4. The Labute approximate surface area is 212 Å². The molecule has 4 heterocycles. The number of aryl methyl sites for hydroxylation is 1. The van der Waals surface area contributed by atoms with Gasteiger partial charge in [0.25, 0.3) is 0 Å². The number of phenols is 1. The van der Waals surface area contributed by atoms with Crippen LogP contribution in [-0.2, 0) is 28.9 Å². The van der Waals surface area contributed by atoms with Crippen LogP contribution in [0.3, 0.4) is 0 Å². The van der Waals surface area contributed by atoms with E-state index in [4.69, 9.17) is 9.72 Å². The molecule has 2 aliphatic heterocycles. The summed E-state index contributed by atoms with van der Waals surface area (Å²) in [6.45, 7) is 4.89. The van der Waals surface area contributed by atoms with E-state index in [2.05, 4.69) is 20.5 Å². The molecule has 0 radical (unpaired) electrons. The first-order valence-electron chi connectivity index (χ1n) is 12.4. The van der Waals surface area contributed by atoms with E-state index in [9.17, 15) is 14.3 Å². The minimum absolute atomic E-state index is 0.0798. The number of rotatable bonds is 4. The van der Waals surface area contributed by atoms with E-state index in [0.29, 0.717) is 56.4 Å². The number of aromatic hydroxyl groups is 1. The van der Waals surface area contributed by atoms with Crippen LogP contribution in [0.2, 0.25) is 0 Å². The second-order valence-corrected chi connectivity index (χ2v) is 9.30. The Morgan fingerprint density at radius 2 is 2.19 bits per heavy atom. The molecule has 2 aromatic carbocycles. The van der Waals surface area contributed by atoms with Gasteiger partial charge < -0.3 is 25.0 Å². The van der Waals surface area contributed by atoms with Crippen molar-refractivity contribution in [2.45, 2.75) is 26.3 Å².